The molecule has 204 valence electrons. The summed E-state index contributed by atoms with van der Waals surface area (Å²) >= 11 is 12.0. The number of nitrogens with zero attached hydrogens (tertiary/aromatic N) is 1. The van der Waals surface area contributed by atoms with Crippen LogP contribution in [0.2, 0.25) is 10.0 Å². The van der Waals surface area contributed by atoms with Gasteiger partial charge in [-0.05, 0) is 31.2 Å². The Morgan fingerprint density at radius 1 is 1.21 bits per heavy atom. The number of benzene rings is 2. The first kappa shape index (κ1) is 28.8. The first-order valence-corrected chi connectivity index (χ1v) is 12.3. The van der Waals surface area contributed by atoms with Gasteiger partial charge < -0.3 is 36.2 Å². The van der Waals surface area contributed by atoms with E-state index in [0.717, 1.165) is 0 Å². The van der Waals surface area contributed by atoms with Crippen molar-refractivity contribution < 1.29 is 33.7 Å². The average molecular weight is 570 g/mol. The molecule has 0 radical (unpaired) electrons. The topological polar surface area (TPSA) is 161 Å². The molecule has 2 aromatic rings. The highest BCUT2D eigenvalue weighted by molar-refractivity contribution is 6.35. The smallest absolute Gasteiger partial charge is 0.308 e. The Labute approximate surface area is 227 Å². The van der Waals surface area contributed by atoms with Gasteiger partial charge in [-0.15, -0.1) is 0 Å². The van der Waals surface area contributed by atoms with Crippen LogP contribution in [0.4, 0.5) is 10.1 Å². The molecule has 3 rings (SSSR count). The second kappa shape index (κ2) is 13.2. The van der Waals surface area contributed by atoms with E-state index in [1.165, 1.54) is 30.3 Å². The van der Waals surface area contributed by atoms with Crippen LogP contribution in [0.15, 0.2) is 35.3 Å². The molecule has 2 unspecified atom stereocenters. The summed E-state index contributed by atoms with van der Waals surface area (Å²) in [4.78, 5) is 41.4. The van der Waals surface area contributed by atoms with Crippen molar-refractivity contribution in [1.29, 1.82) is 0 Å². The predicted octanol–water partition coefficient (Wildman–Crippen LogP) is 2.65. The molecule has 0 bridgehead atoms. The number of nitrogens with one attached hydrogen (secondary N) is 4. The SMILES string of the molecule is CCOC(=O)CC(NC(=O)CNC(=O)c1cc(O)cc(NC2=NCC(F)CN2)c1)c1cc(Cl)cc(Cl)c1O. The molecule has 11 nitrogen and oxygen atoms in total. The molecule has 2 atom stereocenters. The second-order valence-corrected chi connectivity index (χ2v) is 9.04. The van der Waals surface area contributed by atoms with Gasteiger partial charge in [0.2, 0.25) is 5.91 Å². The molecule has 14 heteroatoms. The number of anilines is 1. The lowest BCUT2D eigenvalue weighted by atomic mass is 10.0. The molecule has 1 aliphatic rings. The number of amides is 2. The van der Waals surface area contributed by atoms with Crippen LogP contribution in [0.1, 0.15) is 35.3 Å². The summed E-state index contributed by atoms with van der Waals surface area (Å²) in [6, 6.07) is 5.55. The molecule has 0 aliphatic carbocycles. The minimum absolute atomic E-state index is 0.0209. The zero-order valence-corrected chi connectivity index (χ0v) is 21.7. The van der Waals surface area contributed by atoms with Gasteiger partial charge in [0.25, 0.3) is 5.91 Å². The molecular weight excluding hydrogens is 544 g/mol. The largest absolute Gasteiger partial charge is 0.508 e. The van der Waals surface area contributed by atoms with Crippen molar-refractivity contribution in [2.75, 3.05) is 31.6 Å². The average Bonchev–Trinajstić information content (AvgIpc) is 2.85. The quantitative estimate of drug-likeness (QED) is 0.251. The number of guanidine groups is 1. The van der Waals surface area contributed by atoms with Gasteiger partial charge in [0.05, 0.1) is 43.7 Å². The fourth-order valence-corrected chi connectivity index (χ4v) is 4.05. The maximum Gasteiger partial charge on any atom is 0.308 e. The van der Waals surface area contributed by atoms with Crippen molar-refractivity contribution in [3.05, 3.63) is 51.5 Å². The van der Waals surface area contributed by atoms with E-state index in [0.29, 0.717) is 5.69 Å². The van der Waals surface area contributed by atoms with Gasteiger partial charge in [-0.25, -0.2) is 9.38 Å². The van der Waals surface area contributed by atoms with E-state index in [4.69, 9.17) is 27.9 Å². The van der Waals surface area contributed by atoms with Crippen molar-refractivity contribution in [1.82, 2.24) is 16.0 Å². The lowest BCUT2D eigenvalue weighted by molar-refractivity contribution is -0.143. The lowest BCUT2D eigenvalue weighted by Crippen LogP contribution is -2.41. The molecule has 0 aromatic heterocycles. The highest BCUT2D eigenvalue weighted by Gasteiger charge is 2.24. The Kier molecular flexibility index (Phi) is 9.97. The van der Waals surface area contributed by atoms with Crippen molar-refractivity contribution in [3.8, 4) is 11.5 Å². The number of rotatable bonds is 9. The number of ether oxygens (including phenoxy) is 1. The number of hydrogen-bond donors (Lipinski definition) is 6. The summed E-state index contributed by atoms with van der Waals surface area (Å²) in [6.07, 6.45) is -1.44. The second-order valence-electron chi connectivity index (χ2n) is 8.20. The minimum atomic E-state index is -1.10. The zero-order valence-electron chi connectivity index (χ0n) is 20.2. The van der Waals surface area contributed by atoms with Crippen molar-refractivity contribution in [3.63, 3.8) is 0 Å². The van der Waals surface area contributed by atoms with E-state index >= 15 is 0 Å². The molecule has 2 amide bonds. The van der Waals surface area contributed by atoms with E-state index < -0.39 is 36.5 Å². The number of esters is 1. The van der Waals surface area contributed by atoms with Crippen LogP contribution in [-0.2, 0) is 14.3 Å². The molecule has 0 saturated carbocycles. The molecule has 0 fully saturated rings. The number of alkyl halides is 1. The number of carbonyl (C=O) groups excluding carboxylic acids is 3. The maximum absolute atomic E-state index is 13.2. The van der Waals surface area contributed by atoms with E-state index in [1.807, 2.05) is 0 Å². The van der Waals surface area contributed by atoms with Gasteiger partial charge in [0, 0.05) is 27.9 Å². The number of hydrogen-bond acceptors (Lipinski definition) is 9. The first-order chi connectivity index (χ1) is 18.0. The number of aliphatic imine (C=N–C) groups is 1. The van der Waals surface area contributed by atoms with E-state index in [2.05, 4.69) is 26.3 Å². The molecule has 0 saturated heterocycles. The number of phenolic OH excluding ortho intramolecular Hbond substituents is 2. The molecular formula is C24H26Cl2FN5O6. The normalized spacial score (nSPS) is 15.5. The third kappa shape index (κ3) is 8.12. The molecule has 0 spiro atoms. The van der Waals surface area contributed by atoms with Gasteiger partial charge in [0.15, 0.2) is 5.96 Å². The van der Waals surface area contributed by atoms with Crippen LogP contribution in [0.5, 0.6) is 11.5 Å². The Morgan fingerprint density at radius 2 is 1.97 bits per heavy atom. The molecule has 2 aromatic carbocycles. The number of phenols is 2. The highest BCUT2D eigenvalue weighted by atomic mass is 35.5. The summed E-state index contributed by atoms with van der Waals surface area (Å²) in [5, 5.41) is 31.1. The van der Waals surface area contributed by atoms with Gasteiger partial charge in [-0.2, -0.15) is 0 Å². The summed E-state index contributed by atoms with van der Waals surface area (Å²) in [5.41, 5.74) is 0.436. The molecule has 1 heterocycles. The third-order valence-electron chi connectivity index (χ3n) is 5.24. The van der Waals surface area contributed by atoms with Crippen molar-refractivity contribution >= 4 is 52.6 Å². The lowest BCUT2D eigenvalue weighted by Gasteiger charge is -2.21. The van der Waals surface area contributed by atoms with Gasteiger partial charge >= 0.3 is 5.97 Å². The van der Waals surface area contributed by atoms with Crippen molar-refractivity contribution in [2.24, 2.45) is 4.99 Å². The predicted molar refractivity (Wildman–Crippen MR) is 140 cm³/mol. The van der Waals surface area contributed by atoms with E-state index in [-0.39, 0.29) is 64.7 Å². The fraction of sp³-hybridized carbons (Fsp3) is 0.333. The van der Waals surface area contributed by atoms with Crippen LogP contribution in [-0.4, -0.2) is 66.4 Å². The summed E-state index contributed by atoms with van der Waals surface area (Å²) in [5.74, 6) is -2.33. The van der Waals surface area contributed by atoms with Gasteiger partial charge in [0.1, 0.15) is 17.7 Å². The Morgan fingerprint density at radius 3 is 2.66 bits per heavy atom. The monoisotopic (exact) mass is 569 g/mol. The number of aromatic hydroxyl groups is 2. The first-order valence-electron chi connectivity index (χ1n) is 11.5. The standard InChI is InChI=1S/C24H26Cl2FN5O6/c1-2-38-21(35)8-19(17-5-13(25)6-18(26)22(17)36)32-20(34)11-28-23(37)12-3-15(7-16(33)4-12)31-24-29-9-14(27)10-30-24/h3-7,14,19,33,36H,2,8-11H2,1H3,(H,28,37)(H,32,34)(H2,29,30,31). The molecule has 1 aliphatic heterocycles. The van der Waals surface area contributed by atoms with E-state index in [9.17, 15) is 29.0 Å². The van der Waals surface area contributed by atoms with E-state index in [1.54, 1.807) is 6.92 Å². The Balaban J connectivity index is 1.67. The zero-order chi connectivity index (χ0) is 27.8. The number of halogens is 3. The third-order valence-corrected chi connectivity index (χ3v) is 5.74. The molecule has 6 N–H and O–H groups in total. The van der Waals surface area contributed by atoms with Crippen LogP contribution in [0.25, 0.3) is 0 Å². The Hall–Kier alpha value is -3.77. The van der Waals surface area contributed by atoms with Crippen LogP contribution < -0.4 is 21.3 Å². The summed E-state index contributed by atoms with van der Waals surface area (Å²) in [7, 11) is 0. The maximum atomic E-state index is 13.2. The van der Waals surface area contributed by atoms with Crippen LogP contribution >= 0.6 is 23.2 Å². The highest BCUT2D eigenvalue weighted by Crippen LogP contribution is 2.36. The van der Waals surface area contributed by atoms with Crippen LogP contribution in [0, 0.1) is 0 Å². The summed E-state index contributed by atoms with van der Waals surface area (Å²) in [6.45, 7) is 1.28. The minimum Gasteiger partial charge on any atom is -0.508 e. The number of carbonyl (C=O) groups is 3. The molecule has 38 heavy (non-hydrogen) atoms. The fourth-order valence-electron chi connectivity index (χ4n) is 3.54. The van der Waals surface area contributed by atoms with Gasteiger partial charge in [-0.1, -0.05) is 23.2 Å². The Bertz CT molecular complexity index is 1250. The van der Waals surface area contributed by atoms with Gasteiger partial charge in [-0.3, -0.25) is 14.4 Å². The van der Waals surface area contributed by atoms with Crippen LogP contribution in [0.3, 0.4) is 0 Å². The van der Waals surface area contributed by atoms with Crippen molar-refractivity contribution in [2.45, 2.75) is 25.6 Å². The summed E-state index contributed by atoms with van der Waals surface area (Å²) < 4.78 is 18.2.